The van der Waals surface area contributed by atoms with Gasteiger partial charge in [0, 0.05) is 26.3 Å². The highest BCUT2D eigenvalue weighted by molar-refractivity contribution is 7.94. The second-order valence-corrected chi connectivity index (χ2v) is 8.08. The third kappa shape index (κ3) is 4.20. The zero-order valence-corrected chi connectivity index (χ0v) is 16.3. The van der Waals surface area contributed by atoms with E-state index in [1.807, 2.05) is 13.8 Å². The second kappa shape index (κ2) is 7.54. The van der Waals surface area contributed by atoms with E-state index in [1.165, 1.54) is 33.1 Å². The minimum absolute atomic E-state index is 0.00923. The minimum Gasteiger partial charge on any atom is -0.504 e. The lowest BCUT2D eigenvalue weighted by Crippen LogP contribution is -2.31. The topological polar surface area (TPSA) is 104 Å². The number of amides is 1. The van der Waals surface area contributed by atoms with Crippen LogP contribution < -0.4 is 9.44 Å². The van der Waals surface area contributed by atoms with Crippen LogP contribution >= 0.6 is 22.9 Å². The molecule has 2 heterocycles. The zero-order chi connectivity index (χ0) is 18.8. The lowest BCUT2D eigenvalue weighted by molar-refractivity contribution is 0.0760. The van der Waals surface area contributed by atoms with Gasteiger partial charge < -0.3 is 14.6 Å². The third-order valence-electron chi connectivity index (χ3n) is 3.51. The van der Waals surface area contributed by atoms with Gasteiger partial charge in [0.25, 0.3) is 5.91 Å². The molecule has 11 heteroatoms. The highest BCUT2D eigenvalue weighted by Crippen LogP contribution is 2.32. The van der Waals surface area contributed by atoms with Crippen LogP contribution in [0.4, 0.5) is 11.4 Å². The molecule has 0 aromatic carbocycles. The van der Waals surface area contributed by atoms with E-state index in [9.17, 15) is 18.3 Å². The summed E-state index contributed by atoms with van der Waals surface area (Å²) in [4.78, 5) is 14.0. The number of nitrogens with one attached hydrogen (secondary N) is 2. The molecule has 138 valence electrons. The van der Waals surface area contributed by atoms with E-state index < -0.39 is 16.0 Å². The Kier molecular flexibility index (Phi) is 5.86. The molecule has 0 aliphatic heterocycles. The van der Waals surface area contributed by atoms with Gasteiger partial charge >= 0.3 is 10.2 Å². The Morgan fingerprint density at radius 3 is 2.44 bits per heavy atom. The average molecular weight is 407 g/mol. The number of carbonyl (C=O) groups excluding carboxylic acids is 1. The molecule has 0 fully saturated rings. The first-order chi connectivity index (χ1) is 11.7. The zero-order valence-electron chi connectivity index (χ0n) is 13.9. The number of rotatable bonds is 7. The molecule has 8 nitrogen and oxygen atoms in total. The summed E-state index contributed by atoms with van der Waals surface area (Å²) in [6.07, 6.45) is 1.33. The number of halogens is 1. The number of anilines is 2. The van der Waals surface area contributed by atoms with Gasteiger partial charge in [-0.15, -0.1) is 11.3 Å². The predicted octanol–water partition coefficient (Wildman–Crippen LogP) is 2.70. The lowest BCUT2D eigenvalue weighted by Gasteiger charge is -2.18. The summed E-state index contributed by atoms with van der Waals surface area (Å²) >= 11 is 7.06. The van der Waals surface area contributed by atoms with E-state index in [0.29, 0.717) is 17.4 Å². The van der Waals surface area contributed by atoms with E-state index in [2.05, 4.69) is 9.44 Å². The molecule has 0 saturated carbocycles. The molecule has 0 unspecified atom stereocenters. The number of aromatic nitrogens is 1. The van der Waals surface area contributed by atoms with Crippen molar-refractivity contribution in [3.05, 3.63) is 27.7 Å². The standard InChI is InChI=1S/C14H19ClN4O4S2/c1-4-19(5-2)14(21)11-12(20)10(8-18(11)3)17-25(22,23)16-9-6-7-24-13(9)15/h6-8,16-17,20H,4-5H2,1-3H3. The fourth-order valence-corrected chi connectivity index (χ4v) is 4.19. The third-order valence-corrected chi connectivity index (χ3v) is 5.66. The van der Waals surface area contributed by atoms with Crippen LogP contribution in [0.25, 0.3) is 0 Å². The molecule has 25 heavy (non-hydrogen) atoms. The fraction of sp³-hybridized carbons (Fsp3) is 0.357. The van der Waals surface area contributed by atoms with E-state index in [-0.39, 0.29) is 23.0 Å². The number of thiophene rings is 1. The van der Waals surface area contributed by atoms with Crippen molar-refractivity contribution in [1.29, 1.82) is 0 Å². The molecule has 2 aromatic heterocycles. The summed E-state index contributed by atoms with van der Waals surface area (Å²) in [5.74, 6) is -0.814. The summed E-state index contributed by atoms with van der Waals surface area (Å²) in [6.45, 7) is 4.58. The van der Waals surface area contributed by atoms with Crippen LogP contribution in [-0.2, 0) is 17.3 Å². The van der Waals surface area contributed by atoms with E-state index >= 15 is 0 Å². The molecule has 0 spiro atoms. The van der Waals surface area contributed by atoms with Gasteiger partial charge in [-0.2, -0.15) is 8.42 Å². The van der Waals surface area contributed by atoms with Crippen molar-refractivity contribution in [3.63, 3.8) is 0 Å². The van der Waals surface area contributed by atoms with Crippen molar-refractivity contribution in [2.45, 2.75) is 13.8 Å². The predicted molar refractivity (Wildman–Crippen MR) is 99.8 cm³/mol. The van der Waals surface area contributed by atoms with Crippen LogP contribution in [0.2, 0.25) is 4.34 Å². The van der Waals surface area contributed by atoms with Crippen molar-refractivity contribution >= 4 is 50.4 Å². The number of aryl methyl sites for hydroxylation is 1. The summed E-state index contributed by atoms with van der Waals surface area (Å²) < 4.78 is 30.6. The normalized spacial score (nSPS) is 11.4. The number of aromatic hydroxyl groups is 1. The Morgan fingerprint density at radius 1 is 1.32 bits per heavy atom. The Bertz CT molecular complexity index is 872. The monoisotopic (exact) mass is 406 g/mol. The lowest BCUT2D eigenvalue weighted by atomic mass is 10.3. The smallest absolute Gasteiger partial charge is 0.321 e. The van der Waals surface area contributed by atoms with Crippen LogP contribution in [0, 0.1) is 0 Å². The largest absolute Gasteiger partial charge is 0.504 e. The Labute approximate surface area is 155 Å². The van der Waals surface area contributed by atoms with Gasteiger partial charge in [-0.3, -0.25) is 14.2 Å². The number of nitrogens with zero attached hydrogens (tertiary/aromatic N) is 2. The highest BCUT2D eigenvalue weighted by atomic mass is 35.5. The van der Waals surface area contributed by atoms with Gasteiger partial charge in [0.05, 0.1) is 5.69 Å². The van der Waals surface area contributed by atoms with Gasteiger partial charge in [-0.05, 0) is 25.3 Å². The first-order valence-electron chi connectivity index (χ1n) is 7.41. The summed E-state index contributed by atoms with van der Waals surface area (Å²) in [5, 5.41) is 12.0. The fourth-order valence-electron chi connectivity index (χ4n) is 2.28. The first-order valence-corrected chi connectivity index (χ1v) is 10.1. The molecule has 0 bridgehead atoms. The quantitative estimate of drug-likeness (QED) is 0.657. The van der Waals surface area contributed by atoms with E-state index in [1.54, 1.807) is 12.4 Å². The maximum Gasteiger partial charge on any atom is 0.321 e. The van der Waals surface area contributed by atoms with Crippen LogP contribution in [0.1, 0.15) is 24.3 Å². The van der Waals surface area contributed by atoms with Gasteiger partial charge in [0.15, 0.2) is 11.4 Å². The van der Waals surface area contributed by atoms with Crippen LogP contribution in [0.3, 0.4) is 0 Å². The molecule has 2 aromatic rings. The molecule has 0 aliphatic rings. The maximum atomic E-state index is 12.5. The Hall–Kier alpha value is -1.91. The van der Waals surface area contributed by atoms with Gasteiger partial charge in [-0.1, -0.05) is 11.6 Å². The van der Waals surface area contributed by atoms with Crippen molar-refractivity contribution in [2.24, 2.45) is 7.05 Å². The summed E-state index contributed by atoms with van der Waals surface area (Å²) in [5.41, 5.74) is 0.140. The molecule has 1 amide bonds. The highest BCUT2D eigenvalue weighted by Gasteiger charge is 2.25. The van der Waals surface area contributed by atoms with E-state index in [0.717, 1.165) is 0 Å². The molecule has 0 radical (unpaired) electrons. The number of carbonyl (C=O) groups is 1. The van der Waals surface area contributed by atoms with Gasteiger partial charge in [0.1, 0.15) is 10.0 Å². The molecule has 2 rings (SSSR count). The Balaban J connectivity index is 2.28. The van der Waals surface area contributed by atoms with Gasteiger partial charge in [-0.25, -0.2) is 0 Å². The molecular formula is C14H19ClN4O4S2. The van der Waals surface area contributed by atoms with Crippen molar-refractivity contribution < 1.29 is 18.3 Å². The molecule has 0 atom stereocenters. The number of hydrogen-bond acceptors (Lipinski definition) is 5. The molecule has 0 aliphatic carbocycles. The SMILES string of the molecule is CCN(CC)C(=O)c1c(O)c(NS(=O)(=O)Nc2ccsc2Cl)cn1C. The molecule has 3 N–H and O–H groups in total. The minimum atomic E-state index is -4.04. The van der Waals surface area contributed by atoms with Crippen molar-refractivity contribution in [3.8, 4) is 5.75 Å². The average Bonchev–Trinajstić information content (AvgIpc) is 3.03. The maximum absolute atomic E-state index is 12.5. The van der Waals surface area contributed by atoms with Crippen molar-refractivity contribution in [1.82, 2.24) is 9.47 Å². The molecular weight excluding hydrogens is 388 g/mol. The van der Waals surface area contributed by atoms with Crippen molar-refractivity contribution in [2.75, 3.05) is 22.5 Å². The number of hydrogen-bond donors (Lipinski definition) is 3. The summed E-state index contributed by atoms with van der Waals surface area (Å²) in [7, 11) is -2.49. The van der Waals surface area contributed by atoms with Crippen LogP contribution in [0.5, 0.6) is 5.75 Å². The summed E-state index contributed by atoms with van der Waals surface area (Å²) in [6, 6.07) is 1.52. The van der Waals surface area contributed by atoms with Crippen LogP contribution in [0.15, 0.2) is 17.6 Å². The van der Waals surface area contributed by atoms with Gasteiger partial charge in [0.2, 0.25) is 0 Å². The molecule has 0 saturated heterocycles. The Morgan fingerprint density at radius 2 is 1.92 bits per heavy atom. The first kappa shape index (κ1) is 19.4. The second-order valence-electron chi connectivity index (χ2n) is 5.14. The van der Waals surface area contributed by atoms with E-state index in [4.69, 9.17) is 11.6 Å². The van der Waals surface area contributed by atoms with Crippen LogP contribution in [-0.4, -0.2) is 42.0 Å².